The molecule has 1 aromatic carbocycles. The molecule has 1 aliphatic heterocycles. The summed E-state index contributed by atoms with van der Waals surface area (Å²) >= 11 is 6.11. The van der Waals surface area contributed by atoms with Gasteiger partial charge in [-0.3, -0.25) is 9.59 Å². The molecule has 6 heteroatoms. The van der Waals surface area contributed by atoms with E-state index in [2.05, 4.69) is 5.32 Å². The molecule has 3 rings (SSSR count). The number of amides is 2. The number of nitrogens with one attached hydrogen (secondary N) is 1. The molecule has 0 aromatic heterocycles. The first-order chi connectivity index (χ1) is 11.7. The standard InChI is InChI=1S/C18H21ClN2O3/c19-15-7-3-4-8-16(15)20-17(22)13-5-1-2-6-14(13)18(23)21-9-11-24-12-10-21/h1-4,7-8,13-14H,5-6,9-12H2,(H,20,22)/t13-,14-/m0/s1. The highest BCUT2D eigenvalue weighted by atomic mass is 35.5. The fourth-order valence-electron chi connectivity index (χ4n) is 3.18. The van der Waals surface area contributed by atoms with E-state index < -0.39 is 0 Å². The number of para-hydroxylation sites is 1. The van der Waals surface area contributed by atoms with Crippen molar-refractivity contribution in [3.8, 4) is 0 Å². The van der Waals surface area contributed by atoms with Crippen molar-refractivity contribution in [1.82, 2.24) is 4.90 Å². The highest BCUT2D eigenvalue weighted by Gasteiger charge is 2.36. The van der Waals surface area contributed by atoms with Gasteiger partial charge in [0.2, 0.25) is 11.8 Å². The van der Waals surface area contributed by atoms with Crippen molar-refractivity contribution in [2.75, 3.05) is 31.6 Å². The summed E-state index contributed by atoms with van der Waals surface area (Å²) < 4.78 is 5.30. The minimum Gasteiger partial charge on any atom is -0.378 e. The number of benzene rings is 1. The number of carbonyl (C=O) groups is 2. The number of ether oxygens (including phenoxy) is 1. The summed E-state index contributed by atoms with van der Waals surface area (Å²) in [6.45, 7) is 2.31. The fourth-order valence-corrected chi connectivity index (χ4v) is 3.37. The third-order valence-corrected chi connectivity index (χ3v) is 4.87. The van der Waals surface area contributed by atoms with Gasteiger partial charge in [-0.1, -0.05) is 35.9 Å². The highest BCUT2D eigenvalue weighted by molar-refractivity contribution is 6.33. The SMILES string of the molecule is O=C(Nc1ccccc1Cl)[C@H]1CC=CC[C@@H]1C(=O)N1CCOCC1. The van der Waals surface area contributed by atoms with Crippen molar-refractivity contribution in [2.45, 2.75) is 12.8 Å². The van der Waals surface area contributed by atoms with Crippen LogP contribution in [0.3, 0.4) is 0 Å². The molecular weight excluding hydrogens is 328 g/mol. The number of morpholine rings is 1. The van der Waals surface area contributed by atoms with Crippen LogP contribution in [0, 0.1) is 11.8 Å². The van der Waals surface area contributed by atoms with Crippen LogP contribution in [0.1, 0.15) is 12.8 Å². The van der Waals surface area contributed by atoms with E-state index in [1.165, 1.54) is 0 Å². The van der Waals surface area contributed by atoms with Crippen LogP contribution in [0.2, 0.25) is 5.02 Å². The Morgan fingerprint density at radius 3 is 2.46 bits per heavy atom. The van der Waals surface area contributed by atoms with Gasteiger partial charge in [0.15, 0.2) is 0 Å². The third kappa shape index (κ3) is 3.79. The molecule has 1 saturated heterocycles. The number of allylic oxidation sites excluding steroid dienone is 2. The van der Waals surface area contributed by atoms with Crippen LogP contribution in [0.15, 0.2) is 36.4 Å². The number of hydrogen-bond acceptors (Lipinski definition) is 3. The molecule has 2 aliphatic rings. The summed E-state index contributed by atoms with van der Waals surface area (Å²) in [4.78, 5) is 27.3. The average molecular weight is 349 g/mol. The number of anilines is 1. The molecule has 0 radical (unpaired) electrons. The molecule has 0 spiro atoms. The van der Waals surface area contributed by atoms with Gasteiger partial charge < -0.3 is 15.0 Å². The van der Waals surface area contributed by atoms with Crippen LogP contribution in [-0.4, -0.2) is 43.0 Å². The monoisotopic (exact) mass is 348 g/mol. The van der Waals surface area contributed by atoms with E-state index >= 15 is 0 Å². The van der Waals surface area contributed by atoms with E-state index in [1.54, 1.807) is 12.1 Å². The van der Waals surface area contributed by atoms with Crippen molar-refractivity contribution in [3.05, 3.63) is 41.4 Å². The Morgan fingerprint density at radius 1 is 1.08 bits per heavy atom. The Morgan fingerprint density at radius 2 is 1.75 bits per heavy atom. The number of rotatable bonds is 3. The van der Waals surface area contributed by atoms with E-state index in [1.807, 2.05) is 29.2 Å². The normalized spacial score (nSPS) is 23.8. The zero-order chi connectivity index (χ0) is 16.9. The number of nitrogens with zero attached hydrogens (tertiary/aromatic N) is 1. The summed E-state index contributed by atoms with van der Waals surface area (Å²) in [5.41, 5.74) is 0.580. The maximum atomic E-state index is 12.8. The summed E-state index contributed by atoms with van der Waals surface area (Å²) in [6, 6.07) is 7.12. The van der Waals surface area contributed by atoms with Gasteiger partial charge >= 0.3 is 0 Å². The van der Waals surface area contributed by atoms with Gasteiger partial charge in [0.1, 0.15) is 0 Å². The van der Waals surface area contributed by atoms with E-state index in [0.29, 0.717) is 49.9 Å². The quantitative estimate of drug-likeness (QED) is 0.854. The van der Waals surface area contributed by atoms with Gasteiger partial charge in [-0.15, -0.1) is 0 Å². The van der Waals surface area contributed by atoms with Gasteiger partial charge in [0, 0.05) is 13.1 Å². The fraction of sp³-hybridized carbons (Fsp3) is 0.444. The van der Waals surface area contributed by atoms with Crippen molar-refractivity contribution in [3.63, 3.8) is 0 Å². The summed E-state index contributed by atoms with van der Waals surface area (Å²) in [5, 5.41) is 3.36. The summed E-state index contributed by atoms with van der Waals surface area (Å²) in [7, 11) is 0. The molecule has 1 aliphatic carbocycles. The van der Waals surface area contributed by atoms with E-state index in [9.17, 15) is 9.59 Å². The van der Waals surface area contributed by atoms with Gasteiger partial charge in [-0.2, -0.15) is 0 Å². The molecule has 128 valence electrons. The van der Waals surface area contributed by atoms with Crippen LogP contribution >= 0.6 is 11.6 Å². The van der Waals surface area contributed by atoms with Gasteiger partial charge in [-0.05, 0) is 25.0 Å². The maximum absolute atomic E-state index is 12.8. The number of halogens is 1. The van der Waals surface area contributed by atoms with Crippen LogP contribution in [-0.2, 0) is 14.3 Å². The predicted octanol–water partition coefficient (Wildman–Crippen LogP) is 2.72. The molecule has 5 nitrogen and oxygen atoms in total. The topological polar surface area (TPSA) is 58.6 Å². The molecule has 1 aromatic rings. The minimum atomic E-state index is -0.374. The molecule has 24 heavy (non-hydrogen) atoms. The lowest BCUT2D eigenvalue weighted by atomic mass is 9.81. The molecule has 0 unspecified atom stereocenters. The van der Waals surface area contributed by atoms with Crippen molar-refractivity contribution in [2.24, 2.45) is 11.8 Å². The second-order valence-corrected chi connectivity index (χ2v) is 6.47. The second kappa shape index (κ2) is 7.81. The van der Waals surface area contributed by atoms with Crippen LogP contribution in [0.25, 0.3) is 0 Å². The van der Waals surface area contributed by atoms with Gasteiger partial charge in [0.25, 0.3) is 0 Å². The van der Waals surface area contributed by atoms with Crippen LogP contribution < -0.4 is 5.32 Å². The van der Waals surface area contributed by atoms with E-state index in [-0.39, 0.29) is 23.7 Å². The van der Waals surface area contributed by atoms with Crippen molar-refractivity contribution < 1.29 is 14.3 Å². The predicted molar refractivity (Wildman–Crippen MR) is 92.8 cm³/mol. The Balaban J connectivity index is 1.72. The minimum absolute atomic E-state index is 0.0435. The molecule has 2 amide bonds. The first kappa shape index (κ1) is 17.0. The Bertz CT molecular complexity index is 641. The third-order valence-electron chi connectivity index (χ3n) is 4.54. The lowest BCUT2D eigenvalue weighted by Crippen LogP contribution is -2.47. The average Bonchev–Trinajstić information content (AvgIpc) is 2.63. The molecule has 0 bridgehead atoms. The van der Waals surface area contributed by atoms with E-state index in [0.717, 1.165) is 0 Å². The maximum Gasteiger partial charge on any atom is 0.228 e. The number of carbonyl (C=O) groups excluding carboxylic acids is 2. The van der Waals surface area contributed by atoms with Gasteiger partial charge in [-0.25, -0.2) is 0 Å². The molecule has 2 atom stereocenters. The molecule has 1 fully saturated rings. The largest absolute Gasteiger partial charge is 0.378 e. The van der Waals surface area contributed by atoms with Crippen LogP contribution in [0.5, 0.6) is 0 Å². The first-order valence-electron chi connectivity index (χ1n) is 8.24. The highest BCUT2D eigenvalue weighted by Crippen LogP contribution is 2.30. The summed E-state index contributed by atoms with van der Waals surface area (Å²) in [6.07, 6.45) is 5.12. The molecular formula is C18H21ClN2O3. The zero-order valence-electron chi connectivity index (χ0n) is 13.4. The Labute approximate surface area is 146 Å². The lowest BCUT2D eigenvalue weighted by molar-refractivity contribution is -0.144. The first-order valence-corrected chi connectivity index (χ1v) is 8.61. The molecule has 0 saturated carbocycles. The Kier molecular flexibility index (Phi) is 5.53. The van der Waals surface area contributed by atoms with Gasteiger partial charge in [0.05, 0.1) is 35.8 Å². The second-order valence-electron chi connectivity index (χ2n) is 6.06. The van der Waals surface area contributed by atoms with E-state index in [4.69, 9.17) is 16.3 Å². The van der Waals surface area contributed by atoms with Crippen molar-refractivity contribution >= 4 is 29.1 Å². The van der Waals surface area contributed by atoms with Crippen LogP contribution in [0.4, 0.5) is 5.69 Å². The Hall–Kier alpha value is -1.85. The molecule has 1 N–H and O–H groups in total. The summed E-state index contributed by atoms with van der Waals surface area (Å²) in [5.74, 6) is -0.807. The number of hydrogen-bond donors (Lipinski definition) is 1. The zero-order valence-corrected chi connectivity index (χ0v) is 14.2. The van der Waals surface area contributed by atoms with Crippen molar-refractivity contribution in [1.29, 1.82) is 0 Å². The lowest BCUT2D eigenvalue weighted by Gasteiger charge is -2.34. The smallest absolute Gasteiger partial charge is 0.228 e. The molecule has 1 heterocycles.